The van der Waals surface area contributed by atoms with Crippen LogP contribution in [0, 0.1) is 0 Å². The summed E-state index contributed by atoms with van der Waals surface area (Å²) in [6.45, 7) is 18.4. The second-order valence-corrected chi connectivity index (χ2v) is 16.8. The minimum absolute atomic E-state index is 0.261. The highest BCUT2D eigenvalue weighted by molar-refractivity contribution is 5.76. The molecule has 0 fully saturated rings. The number of rotatable bonds is 41. The third kappa shape index (κ3) is 82.3. The van der Waals surface area contributed by atoms with Gasteiger partial charge in [-0.25, -0.2) is 0 Å². The van der Waals surface area contributed by atoms with E-state index in [1.54, 1.807) is 33.8 Å². The van der Waals surface area contributed by atoms with E-state index < -0.39 is 0 Å². The molecule has 0 heterocycles. The Bertz CT molecular complexity index is 1230. The van der Waals surface area contributed by atoms with Gasteiger partial charge in [-0.2, -0.15) is 0 Å². The van der Waals surface area contributed by atoms with Crippen molar-refractivity contribution in [3.8, 4) is 0 Å². The van der Waals surface area contributed by atoms with Crippen molar-refractivity contribution in [3.63, 3.8) is 0 Å². The highest BCUT2D eigenvalue weighted by Crippen LogP contribution is 2.10. The molecule has 0 aliphatic heterocycles. The summed E-state index contributed by atoms with van der Waals surface area (Å²) in [6.07, 6.45) is 65.5. The Labute approximate surface area is 397 Å². The summed E-state index contributed by atoms with van der Waals surface area (Å²) in [5.74, 6) is 1.22. The highest BCUT2D eigenvalue weighted by atomic mass is 16.5. The summed E-state index contributed by atoms with van der Waals surface area (Å²) in [7, 11) is 0. The lowest BCUT2D eigenvalue weighted by Gasteiger charge is -2.02. The van der Waals surface area contributed by atoms with Crippen molar-refractivity contribution in [1.82, 2.24) is 0 Å². The maximum absolute atomic E-state index is 10.7. The summed E-state index contributed by atoms with van der Waals surface area (Å²) >= 11 is 0. The lowest BCUT2D eigenvalue weighted by molar-refractivity contribution is -0.118. The smallest absolute Gasteiger partial charge is 0.129 e. The predicted octanol–water partition coefficient (Wildman–Crippen LogP) is 18.2. The zero-order valence-corrected chi connectivity index (χ0v) is 43.0. The van der Waals surface area contributed by atoms with E-state index in [9.17, 15) is 19.2 Å². The summed E-state index contributed by atoms with van der Waals surface area (Å²) < 4.78 is 5.41. The topological polar surface area (TPSA) is 77.5 Å². The SMILES string of the molecule is C=C/C=C/C=C\CCCCCCCC(C)=O.CC/C=C/C=C\CC/C=C\CCCCCC(C)=O.CC/C=C/C=C\CCCCCCCC(C)=O.CCCCCCCOCCCC(C)=O. The van der Waals surface area contributed by atoms with Gasteiger partial charge in [0, 0.05) is 38.9 Å². The first-order valence-corrected chi connectivity index (χ1v) is 25.9. The van der Waals surface area contributed by atoms with E-state index in [-0.39, 0.29) is 5.78 Å². The van der Waals surface area contributed by atoms with Gasteiger partial charge in [-0.1, -0.05) is 189 Å². The van der Waals surface area contributed by atoms with Crippen molar-refractivity contribution in [2.75, 3.05) is 13.2 Å². The second-order valence-electron chi connectivity index (χ2n) is 16.8. The molecule has 0 amide bonds. The van der Waals surface area contributed by atoms with Crippen LogP contribution < -0.4 is 0 Å². The molecule has 0 aromatic heterocycles. The average Bonchev–Trinajstić information content (AvgIpc) is 3.26. The van der Waals surface area contributed by atoms with E-state index in [0.29, 0.717) is 23.8 Å². The van der Waals surface area contributed by atoms with E-state index >= 15 is 0 Å². The van der Waals surface area contributed by atoms with Crippen molar-refractivity contribution in [1.29, 1.82) is 0 Å². The molecule has 0 saturated heterocycles. The number of carbonyl (C=O) groups is 4. The summed E-state index contributed by atoms with van der Waals surface area (Å²) in [4.78, 5) is 42.7. The van der Waals surface area contributed by atoms with Crippen LogP contribution in [0.3, 0.4) is 0 Å². The maximum Gasteiger partial charge on any atom is 0.129 e. The van der Waals surface area contributed by atoms with Crippen LogP contribution >= 0.6 is 0 Å². The first-order chi connectivity index (χ1) is 31.1. The summed E-state index contributed by atoms with van der Waals surface area (Å²) in [5, 5.41) is 0. The molecule has 0 aliphatic carbocycles. The predicted molar refractivity (Wildman–Crippen MR) is 283 cm³/mol. The van der Waals surface area contributed by atoms with Gasteiger partial charge in [-0.05, 0) is 124 Å². The van der Waals surface area contributed by atoms with E-state index in [1.165, 1.54) is 103 Å². The number of unbranched alkanes of at least 4 members (excludes halogenated alkanes) is 18. The van der Waals surface area contributed by atoms with E-state index in [1.807, 2.05) is 12.2 Å². The number of Topliss-reactive ketones (excluding diaryl/α,β-unsaturated/α-hetero) is 4. The maximum atomic E-state index is 10.7. The molecule has 0 bridgehead atoms. The fraction of sp³-hybridized carbons (Fsp3) is 0.661. The van der Waals surface area contributed by atoms with Crippen molar-refractivity contribution < 1.29 is 23.9 Å². The number of hydrogen-bond donors (Lipinski definition) is 0. The monoisotopic (exact) mass is 891 g/mol. The minimum atomic E-state index is 0.261. The Morgan fingerprint density at radius 3 is 1.14 bits per heavy atom. The molecular weight excluding hydrogens is 789 g/mol. The third-order valence-electron chi connectivity index (χ3n) is 9.81. The second kappa shape index (κ2) is 63.8. The van der Waals surface area contributed by atoms with Crippen molar-refractivity contribution in [2.45, 2.75) is 241 Å². The van der Waals surface area contributed by atoms with Crippen LogP contribution in [0.25, 0.3) is 0 Å². The lowest BCUT2D eigenvalue weighted by atomic mass is 10.1. The zero-order valence-electron chi connectivity index (χ0n) is 43.0. The first-order valence-electron chi connectivity index (χ1n) is 25.9. The van der Waals surface area contributed by atoms with Crippen LogP contribution in [0.2, 0.25) is 0 Å². The van der Waals surface area contributed by atoms with Gasteiger partial charge in [-0.3, -0.25) is 0 Å². The van der Waals surface area contributed by atoms with Crippen LogP contribution in [0.15, 0.2) is 97.7 Å². The molecule has 0 aromatic rings. The molecule has 64 heavy (non-hydrogen) atoms. The molecule has 0 atom stereocenters. The van der Waals surface area contributed by atoms with Gasteiger partial charge in [0.2, 0.25) is 0 Å². The van der Waals surface area contributed by atoms with Gasteiger partial charge in [0.15, 0.2) is 0 Å². The molecule has 0 N–H and O–H groups in total. The molecular formula is C59H102O5. The minimum Gasteiger partial charge on any atom is -0.381 e. The van der Waals surface area contributed by atoms with Gasteiger partial charge < -0.3 is 23.9 Å². The number of allylic oxidation sites excluding steroid dienone is 15. The zero-order chi connectivity index (χ0) is 48.3. The largest absolute Gasteiger partial charge is 0.381 e. The van der Waals surface area contributed by atoms with Gasteiger partial charge >= 0.3 is 0 Å². The lowest BCUT2D eigenvalue weighted by Crippen LogP contribution is -1.99. The molecule has 368 valence electrons. The summed E-state index contributed by atoms with van der Waals surface area (Å²) in [5.41, 5.74) is 0. The van der Waals surface area contributed by atoms with Crippen LogP contribution in [-0.4, -0.2) is 36.3 Å². The van der Waals surface area contributed by atoms with E-state index in [2.05, 4.69) is 100 Å². The molecule has 0 aromatic carbocycles. The normalized spacial score (nSPS) is 11.4. The van der Waals surface area contributed by atoms with Gasteiger partial charge in [0.05, 0.1) is 0 Å². The molecule has 0 spiro atoms. The number of ether oxygens (including phenoxy) is 1. The van der Waals surface area contributed by atoms with Crippen LogP contribution in [-0.2, 0) is 23.9 Å². The molecule has 0 rings (SSSR count). The van der Waals surface area contributed by atoms with Crippen molar-refractivity contribution in [2.24, 2.45) is 0 Å². The average molecular weight is 891 g/mol. The first kappa shape index (κ1) is 67.2. The van der Waals surface area contributed by atoms with Crippen LogP contribution in [0.4, 0.5) is 0 Å². The fourth-order valence-electron chi connectivity index (χ4n) is 6.00. The Hall–Kier alpha value is -3.44. The van der Waals surface area contributed by atoms with E-state index in [0.717, 1.165) is 96.7 Å². The third-order valence-corrected chi connectivity index (χ3v) is 9.81. The number of carbonyl (C=O) groups excluding carboxylic acids is 4. The quantitative estimate of drug-likeness (QED) is 0.0347. The molecule has 0 radical (unpaired) electrons. The number of hydrogen-bond acceptors (Lipinski definition) is 5. The van der Waals surface area contributed by atoms with Gasteiger partial charge in [-0.15, -0.1) is 0 Å². The molecule has 5 nitrogen and oxygen atoms in total. The van der Waals surface area contributed by atoms with Crippen molar-refractivity contribution >= 4 is 23.1 Å². The molecule has 0 aliphatic rings. The Balaban J connectivity index is -0.000000376. The molecule has 5 heteroatoms. The Morgan fingerprint density at radius 2 is 0.672 bits per heavy atom. The highest BCUT2D eigenvalue weighted by Gasteiger charge is 1.96. The van der Waals surface area contributed by atoms with Crippen LogP contribution in [0.5, 0.6) is 0 Å². The van der Waals surface area contributed by atoms with Gasteiger partial charge in [0.25, 0.3) is 0 Å². The van der Waals surface area contributed by atoms with E-state index in [4.69, 9.17) is 4.74 Å². The standard InChI is InChI=1S/C17H28O.C15H26O.C15H24O.C12H24O2/c1-3-4-5-6-7-8-9-10-11-12-13-14-15-16-17(2)18;2*1-3-4-5-6-7-8-9-10-11-12-13-14-15(2)16;1-3-4-5-6-7-10-14-11-8-9-12(2)13/h4-7,10-11H,3,8-9,12-16H2,1-2H3;4-7H,3,8-14H2,1-2H3;3-7H,1,8-14H2,2H3;3-11H2,1-2H3/b5-4+,7-6-,11-10-;2*5-4+,7-6-;. The summed E-state index contributed by atoms with van der Waals surface area (Å²) in [6, 6.07) is 0. The van der Waals surface area contributed by atoms with Crippen LogP contribution in [0.1, 0.15) is 241 Å². The van der Waals surface area contributed by atoms with Gasteiger partial charge in [0.1, 0.15) is 23.1 Å². The number of ketones is 4. The molecule has 0 saturated carbocycles. The molecule has 0 unspecified atom stereocenters. The Morgan fingerprint density at radius 1 is 0.344 bits per heavy atom. The van der Waals surface area contributed by atoms with Crippen molar-refractivity contribution in [3.05, 3.63) is 97.7 Å². The fourth-order valence-corrected chi connectivity index (χ4v) is 6.00. The Kier molecular flexibility index (Phi) is 67.0.